The zero-order chi connectivity index (χ0) is 13.1. The Balaban J connectivity index is 1.50. The van der Waals surface area contributed by atoms with E-state index in [1.54, 1.807) is 0 Å². The quantitative estimate of drug-likeness (QED) is 0.823. The molecule has 3 nitrogen and oxygen atoms in total. The minimum atomic E-state index is 0.164. The van der Waals surface area contributed by atoms with Gasteiger partial charge in [0.1, 0.15) is 0 Å². The molecule has 2 saturated carbocycles. The number of nitrogens with one attached hydrogen (secondary N) is 2. The van der Waals surface area contributed by atoms with Crippen molar-refractivity contribution in [1.29, 1.82) is 0 Å². The summed E-state index contributed by atoms with van der Waals surface area (Å²) in [7, 11) is 0. The Bertz CT molecular complexity index is 450. The Morgan fingerprint density at radius 3 is 2.74 bits per heavy atom. The van der Waals surface area contributed by atoms with Gasteiger partial charge in [-0.05, 0) is 49.3 Å². The summed E-state index contributed by atoms with van der Waals surface area (Å²) in [4.78, 5) is 11.9. The highest BCUT2D eigenvalue weighted by Crippen LogP contribution is 2.29. The molecule has 0 saturated heterocycles. The van der Waals surface area contributed by atoms with Crippen LogP contribution < -0.4 is 10.6 Å². The predicted molar refractivity (Wildman–Crippen MR) is 76.9 cm³/mol. The van der Waals surface area contributed by atoms with E-state index in [1.807, 2.05) is 12.1 Å². The number of benzene rings is 1. The summed E-state index contributed by atoms with van der Waals surface area (Å²) in [6, 6.07) is 8.89. The van der Waals surface area contributed by atoms with E-state index < -0.39 is 0 Å². The molecule has 2 aliphatic carbocycles. The number of rotatable bonds is 6. The van der Waals surface area contributed by atoms with Gasteiger partial charge in [0.25, 0.3) is 0 Å². The molecule has 2 N–H and O–H groups in total. The summed E-state index contributed by atoms with van der Waals surface area (Å²) in [6.45, 7) is 0.900. The van der Waals surface area contributed by atoms with Crippen LogP contribution in [0.1, 0.15) is 44.1 Å². The SMILES string of the molecule is O=C(CC1CCC1)Nc1cccc(CNC2CC2)c1. The second kappa shape index (κ2) is 5.74. The third-order valence-corrected chi connectivity index (χ3v) is 4.08. The Morgan fingerprint density at radius 2 is 2.05 bits per heavy atom. The molecule has 1 aromatic carbocycles. The molecule has 0 heterocycles. The van der Waals surface area contributed by atoms with Gasteiger partial charge in [0.05, 0.1) is 0 Å². The van der Waals surface area contributed by atoms with Gasteiger partial charge < -0.3 is 10.6 Å². The van der Waals surface area contributed by atoms with Crippen LogP contribution >= 0.6 is 0 Å². The maximum absolute atomic E-state index is 11.9. The van der Waals surface area contributed by atoms with Gasteiger partial charge in [-0.1, -0.05) is 18.6 Å². The van der Waals surface area contributed by atoms with Crippen molar-refractivity contribution < 1.29 is 4.79 Å². The largest absolute Gasteiger partial charge is 0.326 e. The molecule has 0 bridgehead atoms. The van der Waals surface area contributed by atoms with Gasteiger partial charge in [0.15, 0.2) is 0 Å². The summed E-state index contributed by atoms with van der Waals surface area (Å²) >= 11 is 0. The van der Waals surface area contributed by atoms with Crippen LogP contribution in [0.5, 0.6) is 0 Å². The molecule has 1 amide bonds. The second-order valence-electron chi connectivity index (χ2n) is 5.90. The molecule has 0 atom stereocenters. The fraction of sp³-hybridized carbons (Fsp3) is 0.562. The molecule has 0 aliphatic heterocycles. The molecular weight excluding hydrogens is 236 g/mol. The molecule has 1 aromatic rings. The van der Waals surface area contributed by atoms with Gasteiger partial charge in [0, 0.05) is 24.7 Å². The minimum absolute atomic E-state index is 0.164. The van der Waals surface area contributed by atoms with Crippen LogP contribution in [0.25, 0.3) is 0 Å². The molecule has 2 fully saturated rings. The Labute approximate surface area is 114 Å². The lowest BCUT2D eigenvalue weighted by atomic mass is 9.83. The molecule has 0 spiro atoms. The van der Waals surface area contributed by atoms with E-state index in [2.05, 4.69) is 22.8 Å². The van der Waals surface area contributed by atoms with Gasteiger partial charge in [-0.25, -0.2) is 0 Å². The lowest BCUT2D eigenvalue weighted by molar-refractivity contribution is -0.117. The van der Waals surface area contributed by atoms with Gasteiger partial charge in [-0.2, -0.15) is 0 Å². The molecule has 2 aliphatic rings. The highest BCUT2D eigenvalue weighted by atomic mass is 16.1. The van der Waals surface area contributed by atoms with E-state index in [-0.39, 0.29) is 5.91 Å². The summed E-state index contributed by atoms with van der Waals surface area (Å²) in [5.41, 5.74) is 2.17. The lowest BCUT2D eigenvalue weighted by Gasteiger charge is -2.24. The number of amides is 1. The van der Waals surface area contributed by atoms with E-state index >= 15 is 0 Å². The van der Waals surface area contributed by atoms with Crippen LogP contribution in [0.4, 0.5) is 5.69 Å². The Kier molecular flexibility index (Phi) is 3.83. The van der Waals surface area contributed by atoms with Gasteiger partial charge in [-0.15, -0.1) is 0 Å². The van der Waals surface area contributed by atoms with Crippen LogP contribution in [0.2, 0.25) is 0 Å². The topological polar surface area (TPSA) is 41.1 Å². The summed E-state index contributed by atoms with van der Waals surface area (Å²) in [5, 5.41) is 6.51. The molecule has 19 heavy (non-hydrogen) atoms. The molecule has 0 unspecified atom stereocenters. The molecule has 0 aromatic heterocycles. The van der Waals surface area contributed by atoms with Crippen molar-refractivity contribution in [3.63, 3.8) is 0 Å². The molecule has 0 radical (unpaired) electrons. The highest BCUT2D eigenvalue weighted by molar-refractivity contribution is 5.90. The number of anilines is 1. The molecule has 3 rings (SSSR count). The smallest absolute Gasteiger partial charge is 0.224 e. The summed E-state index contributed by atoms with van der Waals surface area (Å²) in [5.74, 6) is 0.789. The maximum Gasteiger partial charge on any atom is 0.224 e. The fourth-order valence-electron chi connectivity index (χ4n) is 2.48. The maximum atomic E-state index is 11.9. The van der Waals surface area contributed by atoms with Crippen molar-refractivity contribution in [1.82, 2.24) is 5.32 Å². The first-order valence-electron chi connectivity index (χ1n) is 7.42. The molecule has 102 valence electrons. The van der Waals surface area contributed by atoms with Crippen LogP contribution in [-0.4, -0.2) is 11.9 Å². The average molecular weight is 258 g/mol. The van der Waals surface area contributed by atoms with E-state index in [9.17, 15) is 4.79 Å². The second-order valence-corrected chi connectivity index (χ2v) is 5.90. The normalized spacial score (nSPS) is 18.9. The van der Waals surface area contributed by atoms with E-state index in [0.717, 1.165) is 18.3 Å². The van der Waals surface area contributed by atoms with Crippen LogP contribution in [0.3, 0.4) is 0 Å². The average Bonchev–Trinajstić information content (AvgIpc) is 3.16. The van der Waals surface area contributed by atoms with Crippen molar-refractivity contribution >= 4 is 11.6 Å². The number of carbonyl (C=O) groups excluding carboxylic acids is 1. The van der Waals surface area contributed by atoms with Crippen LogP contribution in [0.15, 0.2) is 24.3 Å². The number of hydrogen-bond donors (Lipinski definition) is 2. The van der Waals surface area contributed by atoms with Gasteiger partial charge >= 0.3 is 0 Å². The minimum Gasteiger partial charge on any atom is -0.326 e. The Morgan fingerprint density at radius 1 is 1.21 bits per heavy atom. The van der Waals surface area contributed by atoms with Crippen molar-refractivity contribution in [3.05, 3.63) is 29.8 Å². The first-order valence-corrected chi connectivity index (χ1v) is 7.42. The van der Waals surface area contributed by atoms with Gasteiger partial charge in [-0.3, -0.25) is 4.79 Å². The zero-order valence-corrected chi connectivity index (χ0v) is 11.3. The monoisotopic (exact) mass is 258 g/mol. The zero-order valence-electron chi connectivity index (χ0n) is 11.3. The number of hydrogen-bond acceptors (Lipinski definition) is 2. The first-order chi connectivity index (χ1) is 9.29. The van der Waals surface area contributed by atoms with Crippen molar-refractivity contribution in [2.45, 2.75) is 51.1 Å². The Hall–Kier alpha value is -1.35. The molecule has 3 heteroatoms. The van der Waals surface area contributed by atoms with Crippen molar-refractivity contribution in [2.24, 2.45) is 5.92 Å². The third kappa shape index (κ3) is 3.80. The van der Waals surface area contributed by atoms with Crippen LogP contribution in [0, 0.1) is 5.92 Å². The first kappa shape index (κ1) is 12.7. The standard InChI is InChI=1S/C16H22N2O/c19-16(10-12-3-1-4-12)18-15-6-2-5-13(9-15)11-17-14-7-8-14/h2,5-6,9,12,14,17H,1,3-4,7-8,10-11H2,(H,18,19). The summed E-state index contributed by atoms with van der Waals surface area (Å²) < 4.78 is 0. The molecular formula is C16H22N2O. The lowest BCUT2D eigenvalue weighted by Crippen LogP contribution is -2.21. The third-order valence-electron chi connectivity index (χ3n) is 4.08. The number of carbonyl (C=O) groups is 1. The summed E-state index contributed by atoms with van der Waals surface area (Å²) in [6.07, 6.45) is 7.03. The van der Waals surface area contributed by atoms with Crippen molar-refractivity contribution in [3.8, 4) is 0 Å². The highest BCUT2D eigenvalue weighted by Gasteiger charge is 2.21. The van der Waals surface area contributed by atoms with E-state index in [1.165, 1.54) is 37.7 Å². The van der Waals surface area contributed by atoms with E-state index in [0.29, 0.717) is 12.3 Å². The van der Waals surface area contributed by atoms with Gasteiger partial charge in [0.2, 0.25) is 5.91 Å². The fourth-order valence-corrected chi connectivity index (χ4v) is 2.48. The predicted octanol–water partition coefficient (Wildman–Crippen LogP) is 3.07. The van der Waals surface area contributed by atoms with E-state index in [4.69, 9.17) is 0 Å². The van der Waals surface area contributed by atoms with Crippen LogP contribution in [-0.2, 0) is 11.3 Å². The van der Waals surface area contributed by atoms with Crippen molar-refractivity contribution in [2.75, 3.05) is 5.32 Å².